The van der Waals surface area contributed by atoms with Gasteiger partial charge in [-0.15, -0.1) is 11.3 Å². The number of rotatable bonds is 2. The SMILES string of the molecule is Cc1csc(Sc2ccncc2N)n1. The number of hydrogen-bond donors (Lipinski definition) is 1. The van der Waals surface area contributed by atoms with Crippen LogP contribution in [0.15, 0.2) is 33.1 Å². The van der Waals surface area contributed by atoms with Crippen LogP contribution in [0.25, 0.3) is 0 Å². The monoisotopic (exact) mass is 223 g/mol. The molecule has 0 saturated carbocycles. The van der Waals surface area contributed by atoms with Gasteiger partial charge < -0.3 is 5.73 Å². The molecule has 0 unspecified atom stereocenters. The molecule has 2 N–H and O–H groups in total. The third-order valence-electron chi connectivity index (χ3n) is 1.61. The molecule has 0 fully saturated rings. The minimum absolute atomic E-state index is 0.699. The molecule has 3 nitrogen and oxygen atoms in total. The Balaban J connectivity index is 2.23. The molecule has 2 rings (SSSR count). The van der Waals surface area contributed by atoms with E-state index in [2.05, 4.69) is 9.97 Å². The van der Waals surface area contributed by atoms with Crippen LogP contribution < -0.4 is 5.73 Å². The summed E-state index contributed by atoms with van der Waals surface area (Å²) < 4.78 is 1.01. The summed E-state index contributed by atoms with van der Waals surface area (Å²) in [5.74, 6) is 0. The van der Waals surface area contributed by atoms with Crippen molar-refractivity contribution < 1.29 is 0 Å². The first-order valence-corrected chi connectivity index (χ1v) is 5.75. The van der Waals surface area contributed by atoms with E-state index >= 15 is 0 Å². The van der Waals surface area contributed by atoms with E-state index < -0.39 is 0 Å². The van der Waals surface area contributed by atoms with Gasteiger partial charge in [0.2, 0.25) is 0 Å². The van der Waals surface area contributed by atoms with Crippen molar-refractivity contribution in [3.8, 4) is 0 Å². The van der Waals surface area contributed by atoms with Crippen molar-refractivity contribution in [2.45, 2.75) is 16.2 Å². The number of nitrogens with zero attached hydrogens (tertiary/aromatic N) is 2. The van der Waals surface area contributed by atoms with E-state index in [1.54, 1.807) is 35.5 Å². The lowest BCUT2D eigenvalue weighted by molar-refractivity contribution is 1.16. The van der Waals surface area contributed by atoms with Crippen LogP contribution in [0.5, 0.6) is 0 Å². The van der Waals surface area contributed by atoms with E-state index in [1.807, 2.05) is 18.4 Å². The number of anilines is 1. The second-order valence-corrected chi connectivity index (χ2v) is 4.92. The number of nitrogen functional groups attached to an aromatic ring is 1. The molecule has 0 amide bonds. The van der Waals surface area contributed by atoms with Crippen molar-refractivity contribution in [2.75, 3.05) is 5.73 Å². The van der Waals surface area contributed by atoms with Crippen molar-refractivity contribution in [1.82, 2.24) is 9.97 Å². The number of pyridine rings is 1. The minimum Gasteiger partial charge on any atom is -0.397 e. The lowest BCUT2D eigenvalue weighted by Crippen LogP contribution is -1.88. The van der Waals surface area contributed by atoms with Crippen LogP contribution in [-0.4, -0.2) is 9.97 Å². The van der Waals surface area contributed by atoms with Gasteiger partial charge in [0.05, 0.1) is 11.9 Å². The zero-order chi connectivity index (χ0) is 9.97. The quantitative estimate of drug-likeness (QED) is 0.850. The molecule has 0 aliphatic carbocycles. The van der Waals surface area contributed by atoms with Gasteiger partial charge >= 0.3 is 0 Å². The summed E-state index contributed by atoms with van der Waals surface area (Å²) in [7, 11) is 0. The van der Waals surface area contributed by atoms with Crippen molar-refractivity contribution in [3.63, 3.8) is 0 Å². The molecule has 0 aliphatic heterocycles. The number of aryl methyl sites for hydroxylation is 1. The fourth-order valence-electron chi connectivity index (χ4n) is 0.960. The highest BCUT2D eigenvalue weighted by molar-refractivity contribution is 8.01. The van der Waals surface area contributed by atoms with Crippen LogP contribution in [0.1, 0.15) is 5.69 Å². The van der Waals surface area contributed by atoms with E-state index in [1.165, 1.54) is 0 Å². The minimum atomic E-state index is 0.699. The van der Waals surface area contributed by atoms with Crippen LogP contribution >= 0.6 is 23.1 Å². The molecule has 2 aromatic rings. The molecule has 14 heavy (non-hydrogen) atoms. The van der Waals surface area contributed by atoms with E-state index in [4.69, 9.17) is 5.73 Å². The highest BCUT2D eigenvalue weighted by Crippen LogP contribution is 2.32. The first-order chi connectivity index (χ1) is 6.75. The van der Waals surface area contributed by atoms with Crippen LogP contribution in [-0.2, 0) is 0 Å². The molecule has 0 saturated heterocycles. The van der Waals surface area contributed by atoms with Crippen molar-refractivity contribution in [1.29, 1.82) is 0 Å². The van der Waals surface area contributed by atoms with Crippen molar-refractivity contribution >= 4 is 28.8 Å². The van der Waals surface area contributed by atoms with Crippen molar-refractivity contribution in [2.24, 2.45) is 0 Å². The topological polar surface area (TPSA) is 51.8 Å². The lowest BCUT2D eigenvalue weighted by atomic mass is 10.4. The molecule has 0 radical (unpaired) electrons. The Labute approximate surface area is 90.4 Å². The number of thiazole rings is 1. The Morgan fingerprint density at radius 2 is 2.36 bits per heavy atom. The fourth-order valence-corrected chi connectivity index (χ4v) is 2.76. The summed E-state index contributed by atoms with van der Waals surface area (Å²) in [4.78, 5) is 9.30. The molecule has 2 aromatic heterocycles. The number of aromatic nitrogens is 2. The Morgan fingerprint density at radius 3 is 3.00 bits per heavy atom. The predicted octanol–water partition coefficient (Wildman–Crippen LogP) is 2.58. The summed E-state index contributed by atoms with van der Waals surface area (Å²) >= 11 is 3.21. The van der Waals surface area contributed by atoms with Gasteiger partial charge in [-0.2, -0.15) is 0 Å². The summed E-state index contributed by atoms with van der Waals surface area (Å²) in [6, 6.07) is 1.90. The van der Waals surface area contributed by atoms with Gasteiger partial charge in [0, 0.05) is 22.2 Å². The Bertz CT molecular complexity index is 439. The zero-order valence-corrected chi connectivity index (χ0v) is 9.23. The third-order valence-corrected chi connectivity index (χ3v) is 3.75. The van der Waals surface area contributed by atoms with Gasteiger partial charge in [0.1, 0.15) is 0 Å². The average molecular weight is 223 g/mol. The van der Waals surface area contributed by atoms with Gasteiger partial charge in [-0.1, -0.05) is 11.8 Å². The first-order valence-electron chi connectivity index (χ1n) is 4.05. The van der Waals surface area contributed by atoms with Crippen LogP contribution in [0, 0.1) is 6.92 Å². The van der Waals surface area contributed by atoms with Crippen LogP contribution in [0.2, 0.25) is 0 Å². The van der Waals surface area contributed by atoms with Gasteiger partial charge in [-0.3, -0.25) is 4.98 Å². The molecule has 0 aromatic carbocycles. The Kier molecular flexibility index (Phi) is 2.69. The molecule has 0 aliphatic rings. The molecular formula is C9H9N3S2. The Hall–Kier alpha value is -1.07. The average Bonchev–Trinajstić information content (AvgIpc) is 2.56. The molecule has 2 heterocycles. The maximum Gasteiger partial charge on any atom is 0.154 e. The van der Waals surface area contributed by atoms with E-state index in [-0.39, 0.29) is 0 Å². The number of nitrogens with two attached hydrogens (primary N) is 1. The molecule has 0 bridgehead atoms. The van der Waals surface area contributed by atoms with Gasteiger partial charge in [0.25, 0.3) is 0 Å². The largest absolute Gasteiger partial charge is 0.397 e. The van der Waals surface area contributed by atoms with E-state index in [0.717, 1.165) is 14.9 Å². The zero-order valence-electron chi connectivity index (χ0n) is 7.60. The molecule has 0 spiro atoms. The third kappa shape index (κ3) is 2.05. The molecule has 0 atom stereocenters. The second-order valence-electron chi connectivity index (χ2n) is 2.77. The maximum absolute atomic E-state index is 5.77. The van der Waals surface area contributed by atoms with Crippen molar-refractivity contribution in [3.05, 3.63) is 29.5 Å². The maximum atomic E-state index is 5.77. The predicted molar refractivity (Wildman–Crippen MR) is 59.6 cm³/mol. The highest BCUT2D eigenvalue weighted by atomic mass is 32.2. The van der Waals surface area contributed by atoms with E-state index in [9.17, 15) is 0 Å². The first kappa shape index (κ1) is 9.48. The summed E-state index contributed by atoms with van der Waals surface area (Å²) in [6.07, 6.45) is 3.39. The van der Waals surface area contributed by atoms with Crippen LogP contribution in [0.3, 0.4) is 0 Å². The summed E-state index contributed by atoms with van der Waals surface area (Å²) in [5.41, 5.74) is 7.51. The second kappa shape index (κ2) is 3.98. The van der Waals surface area contributed by atoms with Gasteiger partial charge in [0.15, 0.2) is 4.34 Å². The number of hydrogen-bond acceptors (Lipinski definition) is 5. The highest BCUT2D eigenvalue weighted by Gasteiger charge is 2.04. The molecule has 5 heteroatoms. The summed E-state index contributed by atoms with van der Waals surface area (Å²) in [6.45, 7) is 1.98. The molecular weight excluding hydrogens is 214 g/mol. The smallest absolute Gasteiger partial charge is 0.154 e. The summed E-state index contributed by atoms with van der Waals surface area (Å²) in [5, 5.41) is 2.03. The fraction of sp³-hybridized carbons (Fsp3) is 0.111. The normalized spacial score (nSPS) is 10.4. The molecule has 72 valence electrons. The van der Waals surface area contributed by atoms with E-state index in [0.29, 0.717) is 5.69 Å². The standard InChI is InChI=1S/C9H9N3S2/c1-6-5-13-9(12-6)14-8-2-3-11-4-7(8)10/h2-5H,10H2,1H3. The van der Waals surface area contributed by atoms with Gasteiger partial charge in [-0.05, 0) is 13.0 Å². The van der Waals surface area contributed by atoms with Gasteiger partial charge in [-0.25, -0.2) is 4.98 Å². The lowest BCUT2D eigenvalue weighted by Gasteiger charge is -2.00. The Morgan fingerprint density at radius 1 is 1.50 bits per heavy atom. The van der Waals surface area contributed by atoms with Crippen LogP contribution in [0.4, 0.5) is 5.69 Å².